The second-order valence-corrected chi connectivity index (χ2v) is 5.70. The predicted octanol–water partition coefficient (Wildman–Crippen LogP) is 2.02. The normalized spacial score (nSPS) is 22.1. The Hall–Kier alpha value is -2.93. The van der Waals surface area contributed by atoms with Crippen molar-refractivity contribution in [2.75, 3.05) is 16.3 Å². The number of ether oxygens (including phenoxy) is 2. The van der Waals surface area contributed by atoms with Gasteiger partial charge >= 0.3 is 6.09 Å². The highest BCUT2D eigenvalue weighted by atomic mass is 16.6. The number of para-hydroxylation sites is 1. The Morgan fingerprint density at radius 2 is 2.29 bits per heavy atom. The van der Waals surface area contributed by atoms with Crippen molar-refractivity contribution in [1.82, 2.24) is 5.32 Å². The van der Waals surface area contributed by atoms with Crippen molar-refractivity contribution < 1.29 is 19.4 Å². The van der Waals surface area contributed by atoms with E-state index in [1.54, 1.807) is 18.4 Å². The standard InChI is InChI=1S/C17H17N3O4/c1-2-4-13(21)14-9-20(17(22)24-14)12-6-3-5-11-16(12)23-10-15-18-7-8-19(11)15/h2-3,5-8,10,13-14,18,21H,1,4,9H2/t13?,14-/m1/s1. The molecule has 124 valence electrons. The van der Waals surface area contributed by atoms with Gasteiger partial charge in [-0.15, -0.1) is 6.58 Å². The summed E-state index contributed by atoms with van der Waals surface area (Å²) in [5, 5.41) is 13.1. The summed E-state index contributed by atoms with van der Waals surface area (Å²) in [6.45, 7) is 3.86. The number of aliphatic hydroxyl groups is 1. The molecular formula is C17H17N3O4. The number of hydrogen-bond donors (Lipinski definition) is 2. The number of cyclic esters (lactones) is 1. The van der Waals surface area contributed by atoms with E-state index in [9.17, 15) is 9.90 Å². The number of anilines is 2. The summed E-state index contributed by atoms with van der Waals surface area (Å²) in [7, 11) is 0. The zero-order chi connectivity index (χ0) is 16.7. The van der Waals surface area contributed by atoms with Crippen LogP contribution in [0.1, 0.15) is 6.42 Å². The first-order valence-corrected chi connectivity index (χ1v) is 7.68. The van der Waals surface area contributed by atoms with Crippen LogP contribution in [-0.2, 0) is 4.74 Å². The minimum absolute atomic E-state index is 0.262. The van der Waals surface area contributed by atoms with Crippen LogP contribution in [-0.4, -0.2) is 30.0 Å². The zero-order valence-electron chi connectivity index (χ0n) is 12.9. The van der Waals surface area contributed by atoms with Crippen molar-refractivity contribution in [1.29, 1.82) is 0 Å². The van der Waals surface area contributed by atoms with E-state index in [4.69, 9.17) is 9.47 Å². The zero-order valence-corrected chi connectivity index (χ0v) is 12.9. The van der Waals surface area contributed by atoms with Crippen LogP contribution >= 0.6 is 0 Å². The number of carbonyl (C=O) groups excluding carboxylic acids is 1. The van der Waals surface area contributed by atoms with Gasteiger partial charge in [-0.25, -0.2) is 4.79 Å². The molecule has 0 aliphatic carbocycles. The maximum absolute atomic E-state index is 12.3. The van der Waals surface area contributed by atoms with E-state index in [-0.39, 0.29) is 6.54 Å². The van der Waals surface area contributed by atoms with E-state index >= 15 is 0 Å². The molecule has 1 unspecified atom stereocenters. The average Bonchev–Trinajstić information content (AvgIpc) is 3.21. The molecule has 1 saturated heterocycles. The Morgan fingerprint density at radius 1 is 1.46 bits per heavy atom. The third kappa shape index (κ3) is 2.21. The third-order valence-corrected chi connectivity index (χ3v) is 4.20. The van der Waals surface area contributed by atoms with Gasteiger partial charge in [-0.3, -0.25) is 9.80 Å². The van der Waals surface area contributed by atoms with Gasteiger partial charge in [0.15, 0.2) is 11.6 Å². The number of rotatable bonds is 4. The van der Waals surface area contributed by atoms with Crippen molar-refractivity contribution in [3.63, 3.8) is 0 Å². The van der Waals surface area contributed by atoms with Crippen molar-refractivity contribution >= 4 is 17.5 Å². The third-order valence-electron chi connectivity index (χ3n) is 4.20. The largest absolute Gasteiger partial charge is 0.457 e. The lowest BCUT2D eigenvalue weighted by Gasteiger charge is -2.28. The average molecular weight is 327 g/mol. The summed E-state index contributed by atoms with van der Waals surface area (Å²) < 4.78 is 11.0. The van der Waals surface area contributed by atoms with Gasteiger partial charge in [0.25, 0.3) is 0 Å². The fourth-order valence-electron chi connectivity index (χ4n) is 3.00. The molecular weight excluding hydrogens is 310 g/mol. The number of nitrogens with one attached hydrogen (secondary N) is 1. The molecule has 0 radical (unpaired) electrons. The Labute approximate surface area is 139 Å². The molecule has 0 saturated carbocycles. The van der Waals surface area contributed by atoms with Crippen molar-refractivity contribution in [2.45, 2.75) is 18.6 Å². The van der Waals surface area contributed by atoms with E-state index in [0.29, 0.717) is 17.9 Å². The summed E-state index contributed by atoms with van der Waals surface area (Å²) in [6, 6.07) is 5.57. The highest BCUT2D eigenvalue weighted by molar-refractivity contribution is 5.94. The molecule has 4 rings (SSSR count). The fraction of sp³-hybridized carbons (Fsp3) is 0.235. The molecule has 24 heavy (non-hydrogen) atoms. The first-order chi connectivity index (χ1) is 11.7. The second kappa shape index (κ2) is 5.61. The summed E-state index contributed by atoms with van der Waals surface area (Å²) in [5.74, 6) is 1.38. The number of carbonyl (C=O) groups is 1. The van der Waals surface area contributed by atoms with Gasteiger partial charge in [-0.2, -0.15) is 0 Å². The van der Waals surface area contributed by atoms with E-state index in [0.717, 1.165) is 11.5 Å². The minimum atomic E-state index is -0.769. The molecule has 1 aromatic rings. The predicted molar refractivity (Wildman–Crippen MR) is 88.3 cm³/mol. The van der Waals surface area contributed by atoms with Crippen LogP contribution in [0.3, 0.4) is 0 Å². The molecule has 2 atom stereocenters. The lowest BCUT2D eigenvalue weighted by atomic mass is 10.1. The number of hydrogen-bond acceptors (Lipinski definition) is 6. The molecule has 1 aromatic carbocycles. The van der Waals surface area contributed by atoms with E-state index in [1.165, 1.54) is 4.90 Å². The number of amides is 1. The van der Waals surface area contributed by atoms with Crippen molar-refractivity contribution in [3.8, 4) is 5.75 Å². The Bertz CT molecular complexity index is 758. The minimum Gasteiger partial charge on any atom is -0.457 e. The van der Waals surface area contributed by atoms with Crippen LogP contribution in [0.25, 0.3) is 0 Å². The summed E-state index contributed by atoms with van der Waals surface area (Å²) in [6.07, 6.45) is 5.41. The maximum Gasteiger partial charge on any atom is 0.414 e. The Kier molecular flexibility index (Phi) is 3.42. The van der Waals surface area contributed by atoms with Crippen LogP contribution < -0.4 is 19.9 Å². The smallest absolute Gasteiger partial charge is 0.414 e. The SMILES string of the molecule is C=CCC(O)[C@H]1CN(c2cccc3c2OC=C2NC=CN23)C(=O)O1. The number of nitrogens with zero attached hydrogens (tertiary/aromatic N) is 2. The molecule has 7 heteroatoms. The Morgan fingerprint density at radius 3 is 3.12 bits per heavy atom. The molecule has 0 spiro atoms. The van der Waals surface area contributed by atoms with E-state index in [2.05, 4.69) is 11.9 Å². The molecule has 3 aliphatic heterocycles. The topological polar surface area (TPSA) is 74.3 Å². The quantitative estimate of drug-likeness (QED) is 0.824. The molecule has 7 nitrogen and oxygen atoms in total. The summed E-state index contributed by atoms with van der Waals surface area (Å²) in [4.78, 5) is 15.7. The number of aliphatic hydroxyl groups excluding tert-OH is 1. The van der Waals surface area contributed by atoms with Crippen LogP contribution in [0.2, 0.25) is 0 Å². The van der Waals surface area contributed by atoms with E-state index in [1.807, 2.05) is 29.4 Å². The Balaban J connectivity index is 1.65. The van der Waals surface area contributed by atoms with Crippen LogP contribution in [0.15, 0.2) is 55.3 Å². The molecule has 1 amide bonds. The highest BCUT2D eigenvalue weighted by Gasteiger charge is 2.38. The maximum atomic E-state index is 12.3. The second-order valence-electron chi connectivity index (χ2n) is 5.70. The molecule has 3 heterocycles. The number of benzene rings is 1. The monoisotopic (exact) mass is 327 g/mol. The van der Waals surface area contributed by atoms with Crippen LogP contribution in [0.5, 0.6) is 5.75 Å². The summed E-state index contributed by atoms with van der Waals surface area (Å²) >= 11 is 0. The van der Waals surface area contributed by atoms with Gasteiger partial charge in [-0.05, 0) is 18.6 Å². The fourth-order valence-corrected chi connectivity index (χ4v) is 3.00. The molecule has 3 aliphatic rings. The van der Waals surface area contributed by atoms with Gasteiger partial charge in [0.1, 0.15) is 12.4 Å². The summed E-state index contributed by atoms with van der Waals surface area (Å²) in [5.41, 5.74) is 1.44. The van der Waals surface area contributed by atoms with Crippen molar-refractivity contribution in [3.05, 3.63) is 55.3 Å². The number of fused-ring (bicyclic) bond motifs is 3. The molecule has 0 bridgehead atoms. The van der Waals surface area contributed by atoms with E-state index < -0.39 is 18.3 Å². The molecule has 0 aromatic heterocycles. The first kappa shape index (κ1) is 14.6. The molecule has 2 N–H and O–H groups in total. The van der Waals surface area contributed by atoms with Crippen LogP contribution in [0, 0.1) is 0 Å². The van der Waals surface area contributed by atoms with Gasteiger partial charge < -0.3 is 19.9 Å². The van der Waals surface area contributed by atoms with Gasteiger partial charge in [0, 0.05) is 12.4 Å². The van der Waals surface area contributed by atoms with Gasteiger partial charge in [-0.1, -0.05) is 12.1 Å². The lowest BCUT2D eigenvalue weighted by molar-refractivity contribution is 0.0347. The van der Waals surface area contributed by atoms with Crippen LogP contribution in [0.4, 0.5) is 16.2 Å². The molecule has 1 fully saturated rings. The highest BCUT2D eigenvalue weighted by Crippen LogP contribution is 2.44. The van der Waals surface area contributed by atoms with Crippen molar-refractivity contribution in [2.24, 2.45) is 0 Å². The lowest BCUT2D eigenvalue weighted by Crippen LogP contribution is -2.31. The first-order valence-electron chi connectivity index (χ1n) is 7.68. The van der Waals surface area contributed by atoms with Gasteiger partial charge in [0.2, 0.25) is 0 Å². The van der Waals surface area contributed by atoms with Gasteiger partial charge in [0.05, 0.1) is 24.0 Å².